The molecule has 0 saturated carbocycles. The Morgan fingerprint density at radius 1 is 1.06 bits per heavy atom. The molecule has 1 aliphatic rings. The molecule has 0 radical (unpaired) electrons. The lowest BCUT2D eigenvalue weighted by molar-refractivity contribution is -0.134. The molecule has 166 valence electrons. The summed E-state index contributed by atoms with van der Waals surface area (Å²) in [6.45, 7) is -0.303. The lowest BCUT2D eigenvalue weighted by atomic mass is 10.0. The summed E-state index contributed by atoms with van der Waals surface area (Å²) in [5.41, 5.74) is 1.65. The lowest BCUT2D eigenvalue weighted by Crippen LogP contribution is -2.34. The first kappa shape index (κ1) is 20.4. The van der Waals surface area contributed by atoms with Gasteiger partial charge in [-0.3, -0.25) is 4.79 Å². The monoisotopic (exact) mass is 444 g/mol. The van der Waals surface area contributed by atoms with Crippen molar-refractivity contribution in [1.29, 1.82) is 0 Å². The molecular formula is C23H20N6O4. The van der Waals surface area contributed by atoms with Gasteiger partial charge in [0.25, 0.3) is 5.91 Å². The molecule has 0 saturated heterocycles. The molecule has 5 rings (SSSR count). The Kier molecular flexibility index (Phi) is 5.31. The molecule has 3 heterocycles. The van der Waals surface area contributed by atoms with Crippen molar-refractivity contribution in [2.24, 2.45) is 5.10 Å². The highest BCUT2D eigenvalue weighted by molar-refractivity contribution is 6.03. The highest BCUT2D eigenvalue weighted by Crippen LogP contribution is 2.33. The van der Waals surface area contributed by atoms with Crippen LogP contribution in [0.2, 0.25) is 0 Å². The van der Waals surface area contributed by atoms with Crippen molar-refractivity contribution in [3.63, 3.8) is 0 Å². The van der Waals surface area contributed by atoms with Crippen molar-refractivity contribution in [2.75, 3.05) is 7.11 Å². The van der Waals surface area contributed by atoms with E-state index in [4.69, 9.17) is 9.15 Å². The summed E-state index contributed by atoms with van der Waals surface area (Å²) >= 11 is 0. The molecule has 0 bridgehead atoms. The molecule has 33 heavy (non-hydrogen) atoms. The van der Waals surface area contributed by atoms with E-state index < -0.39 is 17.6 Å². The van der Waals surface area contributed by atoms with Crippen molar-refractivity contribution in [2.45, 2.75) is 19.0 Å². The molecule has 10 heteroatoms. The third-order valence-electron chi connectivity index (χ3n) is 5.39. The average Bonchev–Trinajstić information content (AvgIpc) is 3.60. The van der Waals surface area contributed by atoms with Crippen LogP contribution in [-0.2, 0) is 11.3 Å². The van der Waals surface area contributed by atoms with Gasteiger partial charge in [-0.05, 0) is 64.5 Å². The fourth-order valence-corrected chi connectivity index (χ4v) is 3.71. The Morgan fingerprint density at radius 3 is 2.55 bits per heavy atom. The Morgan fingerprint density at radius 2 is 1.85 bits per heavy atom. The van der Waals surface area contributed by atoms with Gasteiger partial charge in [-0.15, -0.1) is 0 Å². The van der Waals surface area contributed by atoms with Crippen molar-refractivity contribution in [3.05, 3.63) is 94.8 Å². The average molecular weight is 444 g/mol. The molecular weight excluding hydrogens is 424 g/mol. The summed E-state index contributed by atoms with van der Waals surface area (Å²) in [7, 11) is 1.60. The lowest BCUT2D eigenvalue weighted by Gasteiger charge is -2.19. The van der Waals surface area contributed by atoms with Crippen LogP contribution in [-0.4, -0.2) is 43.5 Å². The molecule has 1 amide bonds. The first-order chi connectivity index (χ1) is 16.1. The normalized spacial score (nSPS) is 15.5. The second-order valence-electron chi connectivity index (χ2n) is 7.42. The van der Waals surface area contributed by atoms with Crippen molar-refractivity contribution in [3.8, 4) is 11.4 Å². The standard InChI is InChI=1S/C23H20N6O4/c1-32-18-11-9-16(10-12-18)19-14-20(21-8-5-13-33-21)29(24-19)22(30)15-27-23(31)28(26-25-27)17-6-3-2-4-7-17/h2-13,20H,14-15H2,1H3/t20-/m0/s1. The van der Waals surface area contributed by atoms with E-state index in [-0.39, 0.29) is 6.54 Å². The van der Waals surface area contributed by atoms with E-state index in [1.54, 1.807) is 49.8 Å². The Hall–Kier alpha value is -4.47. The van der Waals surface area contributed by atoms with Crippen LogP contribution in [0.1, 0.15) is 23.8 Å². The first-order valence-electron chi connectivity index (χ1n) is 10.3. The predicted molar refractivity (Wildman–Crippen MR) is 118 cm³/mol. The molecule has 1 atom stereocenters. The van der Waals surface area contributed by atoms with Gasteiger partial charge in [0.15, 0.2) is 0 Å². The maximum Gasteiger partial charge on any atom is 0.368 e. The summed E-state index contributed by atoms with van der Waals surface area (Å²) in [6.07, 6.45) is 2.02. The van der Waals surface area contributed by atoms with Gasteiger partial charge in [-0.2, -0.15) is 14.5 Å². The van der Waals surface area contributed by atoms with Gasteiger partial charge in [0, 0.05) is 6.42 Å². The number of carbonyl (C=O) groups excluding carboxylic acids is 1. The van der Waals surface area contributed by atoms with Gasteiger partial charge in [-0.25, -0.2) is 9.80 Å². The summed E-state index contributed by atoms with van der Waals surface area (Å²) in [5, 5.41) is 13.7. The number of amides is 1. The van der Waals surface area contributed by atoms with Gasteiger partial charge in [0.1, 0.15) is 24.1 Å². The van der Waals surface area contributed by atoms with E-state index in [2.05, 4.69) is 15.5 Å². The molecule has 10 nitrogen and oxygen atoms in total. The van der Waals surface area contributed by atoms with Gasteiger partial charge < -0.3 is 9.15 Å². The molecule has 0 unspecified atom stereocenters. The summed E-state index contributed by atoms with van der Waals surface area (Å²) in [4.78, 5) is 26.0. The Balaban J connectivity index is 1.42. The number of hydrogen-bond donors (Lipinski definition) is 0. The third-order valence-corrected chi connectivity index (χ3v) is 5.39. The van der Waals surface area contributed by atoms with E-state index in [1.165, 1.54) is 5.01 Å². The fraction of sp³-hybridized carbons (Fsp3) is 0.174. The van der Waals surface area contributed by atoms with Crippen LogP contribution in [0.25, 0.3) is 5.69 Å². The zero-order valence-electron chi connectivity index (χ0n) is 17.7. The SMILES string of the molecule is COc1ccc(C2=NN(C(=O)Cn3nnn(-c4ccccc4)c3=O)[C@H](c3ccco3)C2)cc1. The minimum Gasteiger partial charge on any atom is -0.497 e. The molecule has 2 aromatic heterocycles. The van der Waals surface area contributed by atoms with Crippen molar-refractivity contribution >= 4 is 11.6 Å². The van der Waals surface area contributed by atoms with Gasteiger partial charge in [0.2, 0.25) is 0 Å². The maximum absolute atomic E-state index is 13.2. The van der Waals surface area contributed by atoms with Crippen LogP contribution in [0.15, 0.2) is 87.3 Å². The number of nitrogens with zero attached hydrogens (tertiary/aromatic N) is 6. The minimum absolute atomic E-state index is 0.303. The van der Waals surface area contributed by atoms with Crippen molar-refractivity contribution < 1.29 is 13.9 Å². The highest BCUT2D eigenvalue weighted by Gasteiger charge is 2.35. The van der Waals surface area contributed by atoms with Crippen LogP contribution >= 0.6 is 0 Å². The predicted octanol–water partition coefficient (Wildman–Crippen LogP) is 2.41. The van der Waals surface area contributed by atoms with E-state index in [0.29, 0.717) is 17.9 Å². The second-order valence-corrected chi connectivity index (χ2v) is 7.42. The number of para-hydroxylation sites is 1. The number of hydrazone groups is 1. The highest BCUT2D eigenvalue weighted by atomic mass is 16.5. The maximum atomic E-state index is 13.2. The summed E-state index contributed by atoms with van der Waals surface area (Å²) in [5.74, 6) is 0.937. The van der Waals surface area contributed by atoms with Crippen molar-refractivity contribution in [1.82, 2.24) is 24.8 Å². The molecule has 2 aromatic carbocycles. The number of furan rings is 1. The number of rotatable bonds is 6. The Labute approximate surface area is 188 Å². The van der Waals surface area contributed by atoms with Gasteiger partial charge >= 0.3 is 5.69 Å². The van der Waals surface area contributed by atoms with Crippen LogP contribution in [0.4, 0.5) is 0 Å². The fourth-order valence-electron chi connectivity index (χ4n) is 3.71. The molecule has 0 aliphatic carbocycles. The summed E-state index contributed by atoms with van der Waals surface area (Å²) < 4.78 is 13.0. The third kappa shape index (κ3) is 3.93. The van der Waals surface area contributed by atoms with Crippen LogP contribution in [0.3, 0.4) is 0 Å². The zero-order chi connectivity index (χ0) is 22.8. The number of carbonyl (C=O) groups is 1. The number of benzene rings is 2. The molecule has 0 N–H and O–H groups in total. The van der Waals surface area contributed by atoms with E-state index in [1.807, 2.05) is 30.3 Å². The smallest absolute Gasteiger partial charge is 0.368 e. The van der Waals surface area contributed by atoms with E-state index in [9.17, 15) is 9.59 Å². The largest absolute Gasteiger partial charge is 0.497 e. The van der Waals surface area contributed by atoms with Crippen LogP contribution < -0.4 is 10.4 Å². The Bertz CT molecular complexity index is 1340. The van der Waals surface area contributed by atoms with E-state index >= 15 is 0 Å². The molecule has 4 aromatic rings. The minimum atomic E-state index is -0.511. The molecule has 1 aliphatic heterocycles. The first-order valence-corrected chi connectivity index (χ1v) is 10.3. The summed E-state index contributed by atoms with van der Waals surface area (Å²) in [6, 6.07) is 19.5. The van der Waals surface area contributed by atoms with Gasteiger partial charge in [0.05, 0.1) is 24.8 Å². The number of methoxy groups -OCH3 is 1. The number of hydrogen-bond acceptors (Lipinski definition) is 7. The van der Waals surface area contributed by atoms with Crippen LogP contribution in [0.5, 0.6) is 5.75 Å². The topological polar surface area (TPSA) is 108 Å². The second kappa shape index (κ2) is 8.58. The quantitative estimate of drug-likeness (QED) is 0.452. The zero-order valence-corrected chi connectivity index (χ0v) is 17.7. The van der Waals surface area contributed by atoms with E-state index in [0.717, 1.165) is 26.4 Å². The number of aromatic nitrogens is 4. The molecule has 0 spiro atoms. The van der Waals surface area contributed by atoms with Crippen LogP contribution in [0, 0.1) is 0 Å². The van der Waals surface area contributed by atoms with Gasteiger partial charge in [-0.1, -0.05) is 18.2 Å². The number of ether oxygens (including phenoxy) is 1. The molecule has 0 fully saturated rings. The number of tetrazole rings is 1.